The molecule has 0 saturated carbocycles. The molecule has 0 unspecified atom stereocenters. The van der Waals surface area contributed by atoms with Crippen molar-refractivity contribution < 1.29 is 9.53 Å². The minimum atomic E-state index is 0.195. The Kier molecular flexibility index (Phi) is 6.58. The maximum absolute atomic E-state index is 11.4. The van der Waals surface area contributed by atoms with Crippen LogP contribution in [0.2, 0.25) is 0 Å². The lowest BCUT2D eigenvalue weighted by Gasteiger charge is -2.29. The fourth-order valence-corrected chi connectivity index (χ4v) is 1.92. The zero-order valence-corrected chi connectivity index (χ0v) is 11.6. The lowest BCUT2D eigenvalue weighted by atomic mass is 9.74. The first-order valence-electron chi connectivity index (χ1n) is 6.11. The predicted molar refractivity (Wildman–Crippen MR) is 68.6 cm³/mol. The molecule has 0 amide bonds. The summed E-state index contributed by atoms with van der Waals surface area (Å²) in [6, 6.07) is 0. The third-order valence-corrected chi connectivity index (χ3v) is 2.85. The van der Waals surface area contributed by atoms with Crippen LogP contribution >= 0.6 is 0 Å². The summed E-state index contributed by atoms with van der Waals surface area (Å²) in [6.07, 6.45) is 1.79. The average molecular weight is 226 g/mol. The van der Waals surface area contributed by atoms with E-state index in [9.17, 15) is 4.79 Å². The van der Waals surface area contributed by atoms with E-state index < -0.39 is 0 Å². The predicted octanol–water partition coefficient (Wildman–Crippen LogP) is 3.75. The number of ether oxygens (including phenoxy) is 1. The van der Waals surface area contributed by atoms with E-state index in [-0.39, 0.29) is 5.41 Å². The first kappa shape index (κ1) is 15.4. The van der Waals surface area contributed by atoms with Gasteiger partial charge in [-0.25, -0.2) is 0 Å². The minimum Gasteiger partial charge on any atom is -0.382 e. The second-order valence-corrected chi connectivity index (χ2v) is 5.13. The molecule has 0 aliphatic heterocycles. The normalized spacial score (nSPS) is 19.2. The molecule has 1 aliphatic rings. The van der Waals surface area contributed by atoms with Gasteiger partial charge in [0.2, 0.25) is 0 Å². The Hall–Kier alpha value is -0.630. The van der Waals surface area contributed by atoms with Crippen LogP contribution in [0.25, 0.3) is 0 Å². The molecule has 0 aromatic rings. The number of Topliss-reactive ketones (excluding diaryl/α,β-unsaturated/α-hetero) is 1. The molecular formula is C14H26O2. The van der Waals surface area contributed by atoms with Gasteiger partial charge in [0.1, 0.15) is 0 Å². The molecule has 0 fully saturated rings. The maximum Gasteiger partial charge on any atom is 0.159 e. The van der Waals surface area contributed by atoms with Gasteiger partial charge in [0.15, 0.2) is 5.78 Å². The largest absolute Gasteiger partial charge is 0.382 e. The summed E-state index contributed by atoms with van der Waals surface area (Å²) in [5.41, 5.74) is 2.45. The molecule has 2 heteroatoms. The van der Waals surface area contributed by atoms with Gasteiger partial charge in [-0.3, -0.25) is 4.79 Å². The average Bonchev–Trinajstić information content (AvgIpc) is 2.15. The Labute approximate surface area is 100 Å². The Morgan fingerprint density at radius 2 is 1.62 bits per heavy atom. The monoisotopic (exact) mass is 226 g/mol. The zero-order chi connectivity index (χ0) is 12.8. The standard InChI is InChI=1S/C10H16O.C4H10O/c1-7-5-10(3,4)6-9(11)8(7)2;1-3-5-4-2/h5-6H2,1-4H3;3-4H2,1-2H3. The summed E-state index contributed by atoms with van der Waals surface area (Å²) in [5, 5.41) is 0. The topological polar surface area (TPSA) is 26.3 Å². The van der Waals surface area contributed by atoms with Crippen LogP contribution in [0.4, 0.5) is 0 Å². The summed E-state index contributed by atoms with van der Waals surface area (Å²) in [5.74, 6) is 0.332. The lowest BCUT2D eigenvalue weighted by Crippen LogP contribution is -2.23. The summed E-state index contributed by atoms with van der Waals surface area (Å²) >= 11 is 0. The number of ketones is 1. The second kappa shape index (κ2) is 6.85. The van der Waals surface area contributed by atoms with Crippen LogP contribution < -0.4 is 0 Å². The van der Waals surface area contributed by atoms with Gasteiger partial charge in [0.25, 0.3) is 0 Å². The van der Waals surface area contributed by atoms with E-state index in [0.717, 1.165) is 31.6 Å². The van der Waals surface area contributed by atoms with Crippen molar-refractivity contribution in [1.82, 2.24) is 0 Å². The van der Waals surface area contributed by atoms with Crippen molar-refractivity contribution in [1.29, 1.82) is 0 Å². The third kappa shape index (κ3) is 5.45. The summed E-state index contributed by atoms with van der Waals surface area (Å²) < 4.78 is 4.83. The fourth-order valence-electron chi connectivity index (χ4n) is 1.92. The van der Waals surface area contributed by atoms with Gasteiger partial charge >= 0.3 is 0 Å². The maximum atomic E-state index is 11.4. The lowest BCUT2D eigenvalue weighted by molar-refractivity contribution is -0.118. The Morgan fingerprint density at radius 3 is 1.94 bits per heavy atom. The van der Waals surface area contributed by atoms with Gasteiger partial charge in [-0.1, -0.05) is 19.4 Å². The van der Waals surface area contributed by atoms with Crippen molar-refractivity contribution >= 4 is 5.78 Å². The molecule has 0 N–H and O–H groups in total. The highest BCUT2D eigenvalue weighted by atomic mass is 16.5. The highest BCUT2D eigenvalue weighted by Gasteiger charge is 2.28. The van der Waals surface area contributed by atoms with E-state index in [2.05, 4.69) is 20.8 Å². The van der Waals surface area contributed by atoms with Crippen molar-refractivity contribution in [2.24, 2.45) is 5.41 Å². The second-order valence-electron chi connectivity index (χ2n) is 5.13. The molecule has 0 saturated heterocycles. The number of hydrogen-bond acceptors (Lipinski definition) is 2. The van der Waals surface area contributed by atoms with Crippen molar-refractivity contribution in [2.45, 2.75) is 54.4 Å². The van der Waals surface area contributed by atoms with Gasteiger partial charge in [0.05, 0.1) is 0 Å². The van der Waals surface area contributed by atoms with Crippen LogP contribution in [0, 0.1) is 5.41 Å². The van der Waals surface area contributed by atoms with Crippen molar-refractivity contribution in [3.05, 3.63) is 11.1 Å². The molecule has 0 atom stereocenters. The van der Waals surface area contributed by atoms with E-state index in [1.165, 1.54) is 5.57 Å². The quantitative estimate of drug-likeness (QED) is 0.716. The summed E-state index contributed by atoms with van der Waals surface area (Å²) in [6.45, 7) is 14.0. The van der Waals surface area contributed by atoms with Crippen LogP contribution in [0.1, 0.15) is 54.4 Å². The molecular weight excluding hydrogens is 200 g/mol. The first-order chi connectivity index (χ1) is 7.34. The summed E-state index contributed by atoms with van der Waals surface area (Å²) in [7, 11) is 0. The highest BCUT2D eigenvalue weighted by Crippen LogP contribution is 2.36. The van der Waals surface area contributed by atoms with Crippen LogP contribution in [0.5, 0.6) is 0 Å². The van der Waals surface area contributed by atoms with Gasteiger partial charge < -0.3 is 4.74 Å². The molecule has 2 nitrogen and oxygen atoms in total. The van der Waals surface area contributed by atoms with Crippen molar-refractivity contribution in [3.63, 3.8) is 0 Å². The van der Waals surface area contributed by atoms with Crippen molar-refractivity contribution in [3.8, 4) is 0 Å². The number of carbonyl (C=O) groups is 1. The van der Waals surface area contributed by atoms with Gasteiger partial charge in [-0.15, -0.1) is 0 Å². The molecule has 0 bridgehead atoms. The molecule has 94 valence electrons. The molecule has 0 radical (unpaired) electrons. The smallest absolute Gasteiger partial charge is 0.159 e. The zero-order valence-electron chi connectivity index (χ0n) is 11.6. The third-order valence-electron chi connectivity index (χ3n) is 2.85. The molecule has 0 aromatic carbocycles. The van der Waals surface area contributed by atoms with Gasteiger partial charge in [-0.05, 0) is 45.1 Å². The van der Waals surface area contributed by atoms with E-state index in [0.29, 0.717) is 5.78 Å². The minimum absolute atomic E-state index is 0.195. The van der Waals surface area contributed by atoms with E-state index in [1.807, 2.05) is 20.8 Å². The van der Waals surface area contributed by atoms with Gasteiger partial charge in [0, 0.05) is 19.6 Å². The van der Waals surface area contributed by atoms with Crippen LogP contribution in [-0.4, -0.2) is 19.0 Å². The Balaban J connectivity index is 0.000000385. The number of rotatable bonds is 2. The van der Waals surface area contributed by atoms with Crippen LogP contribution in [-0.2, 0) is 9.53 Å². The summed E-state index contributed by atoms with van der Waals surface area (Å²) in [4.78, 5) is 11.4. The molecule has 1 rings (SSSR count). The molecule has 0 spiro atoms. The number of carbonyl (C=O) groups excluding carboxylic acids is 1. The van der Waals surface area contributed by atoms with E-state index >= 15 is 0 Å². The Bertz CT molecular complexity index is 260. The van der Waals surface area contributed by atoms with Crippen molar-refractivity contribution in [2.75, 3.05) is 13.2 Å². The van der Waals surface area contributed by atoms with E-state index in [1.54, 1.807) is 0 Å². The molecule has 0 heterocycles. The molecule has 0 aromatic heterocycles. The van der Waals surface area contributed by atoms with Crippen LogP contribution in [0.15, 0.2) is 11.1 Å². The Morgan fingerprint density at radius 1 is 1.12 bits per heavy atom. The van der Waals surface area contributed by atoms with Gasteiger partial charge in [-0.2, -0.15) is 0 Å². The fraction of sp³-hybridized carbons (Fsp3) is 0.786. The SMILES string of the molecule is CC1=C(C)C(=O)CC(C)(C)C1.CCOCC. The number of allylic oxidation sites excluding steroid dienone is 2. The van der Waals surface area contributed by atoms with Crippen LogP contribution in [0.3, 0.4) is 0 Å². The number of hydrogen-bond donors (Lipinski definition) is 0. The highest BCUT2D eigenvalue weighted by molar-refractivity contribution is 5.96. The van der Waals surface area contributed by atoms with E-state index in [4.69, 9.17) is 4.74 Å². The first-order valence-corrected chi connectivity index (χ1v) is 6.11. The molecule has 1 aliphatic carbocycles. The molecule has 16 heavy (non-hydrogen) atoms.